The Morgan fingerprint density at radius 2 is 1.38 bits per heavy atom. The highest BCUT2D eigenvalue weighted by Gasteiger charge is 2.09. The van der Waals surface area contributed by atoms with Crippen LogP contribution in [0.1, 0.15) is 37.3 Å². The number of nitrogens with zero attached hydrogens (tertiary/aromatic N) is 1. The van der Waals surface area contributed by atoms with Crippen molar-refractivity contribution in [2.75, 3.05) is 0 Å². The fourth-order valence-corrected chi connectivity index (χ4v) is 4.69. The maximum atomic E-state index is 6.70. The highest BCUT2D eigenvalue weighted by atomic mass is 35.5. The molecule has 4 aromatic rings. The van der Waals surface area contributed by atoms with E-state index in [1.807, 2.05) is 30.3 Å². The lowest BCUT2D eigenvalue weighted by Gasteiger charge is -2.12. The van der Waals surface area contributed by atoms with Crippen LogP contribution in [0.15, 0.2) is 89.9 Å². The van der Waals surface area contributed by atoms with Crippen LogP contribution in [-0.4, -0.2) is 5.16 Å². The molecule has 0 spiro atoms. The summed E-state index contributed by atoms with van der Waals surface area (Å²) in [6.07, 6.45) is 4.98. The summed E-state index contributed by atoms with van der Waals surface area (Å²) in [7, 11) is 0. The van der Waals surface area contributed by atoms with Crippen molar-refractivity contribution < 1.29 is 0 Å². The molecule has 0 aliphatic heterocycles. The maximum Gasteiger partial charge on any atom is 0.0739 e. The van der Waals surface area contributed by atoms with Gasteiger partial charge in [-0.1, -0.05) is 98.1 Å². The van der Waals surface area contributed by atoms with Gasteiger partial charge in [-0.3, -0.25) is 0 Å². The average Bonchev–Trinajstić information content (AvgIpc) is 2.85. The van der Waals surface area contributed by atoms with E-state index in [-0.39, 0.29) is 0 Å². The Morgan fingerprint density at radius 3 is 2.03 bits per heavy atom. The number of hydrogen-bond acceptors (Lipinski definition) is 2. The second-order valence-electron chi connectivity index (χ2n) is 8.63. The van der Waals surface area contributed by atoms with Gasteiger partial charge in [0, 0.05) is 10.6 Å². The Balaban J connectivity index is 1.54. The van der Waals surface area contributed by atoms with Crippen molar-refractivity contribution in [3.63, 3.8) is 0 Å². The smallest absolute Gasteiger partial charge is 0.0739 e. The maximum absolute atomic E-state index is 6.70. The lowest BCUT2D eigenvalue weighted by molar-refractivity contribution is 0.717. The number of aliphatic imine (C=N–C) groups is 1. The molecule has 0 amide bonds. The van der Waals surface area contributed by atoms with Crippen LogP contribution >= 0.6 is 23.8 Å². The second kappa shape index (κ2) is 11.4. The number of benzene rings is 4. The molecule has 0 aromatic heterocycles. The summed E-state index contributed by atoms with van der Waals surface area (Å²) in [5, 5.41) is 3.12. The van der Waals surface area contributed by atoms with Crippen molar-refractivity contribution >= 4 is 34.7 Å². The van der Waals surface area contributed by atoms with E-state index in [1.54, 1.807) is 0 Å². The largest absolute Gasteiger partial charge is 0.195 e. The molecule has 0 radical (unpaired) electrons. The first-order valence-electron chi connectivity index (χ1n) is 11.8. The van der Waals surface area contributed by atoms with Gasteiger partial charge in [-0.2, -0.15) is 4.99 Å². The molecule has 170 valence electrons. The van der Waals surface area contributed by atoms with Gasteiger partial charge in [0.2, 0.25) is 0 Å². The topological polar surface area (TPSA) is 12.4 Å². The summed E-state index contributed by atoms with van der Waals surface area (Å²) in [6, 6.07) is 29.8. The van der Waals surface area contributed by atoms with E-state index >= 15 is 0 Å². The van der Waals surface area contributed by atoms with Crippen LogP contribution in [0.5, 0.6) is 0 Å². The molecule has 4 rings (SSSR count). The summed E-state index contributed by atoms with van der Waals surface area (Å²) in [5.74, 6) is 0. The molecule has 0 saturated carbocycles. The molecule has 0 aliphatic rings. The molecule has 4 aromatic carbocycles. The highest BCUT2D eigenvalue weighted by Crippen LogP contribution is 2.35. The van der Waals surface area contributed by atoms with Crippen LogP contribution in [0, 0.1) is 6.92 Å². The van der Waals surface area contributed by atoms with Gasteiger partial charge >= 0.3 is 0 Å². The van der Waals surface area contributed by atoms with Crippen LogP contribution in [-0.2, 0) is 6.42 Å². The molecule has 0 fully saturated rings. The average molecular weight is 482 g/mol. The number of aryl methyl sites for hydroxylation is 2. The molecule has 0 unspecified atom stereocenters. The zero-order chi connectivity index (χ0) is 23.9. The molecule has 0 aliphatic carbocycles. The Kier molecular flexibility index (Phi) is 8.08. The first-order valence-corrected chi connectivity index (χ1v) is 12.6. The molecular weight excluding hydrogens is 454 g/mol. The lowest BCUT2D eigenvalue weighted by Crippen LogP contribution is -1.89. The van der Waals surface area contributed by atoms with Gasteiger partial charge in [-0.25, -0.2) is 0 Å². The molecule has 0 heterocycles. The van der Waals surface area contributed by atoms with Crippen molar-refractivity contribution in [2.24, 2.45) is 4.99 Å². The zero-order valence-corrected chi connectivity index (χ0v) is 21.2. The van der Waals surface area contributed by atoms with Crippen LogP contribution in [0.25, 0.3) is 33.4 Å². The molecule has 0 N–H and O–H groups in total. The summed E-state index contributed by atoms with van der Waals surface area (Å²) >= 11 is 11.4. The Labute approximate surface area is 213 Å². The van der Waals surface area contributed by atoms with E-state index in [2.05, 4.69) is 90.8 Å². The van der Waals surface area contributed by atoms with Gasteiger partial charge < -0.3 is 0 Å². The fourth-order valence-electron chi connectivity index (χ4n) is 4.30. The zero-order valence-electron chi connectivity index (χ0n) is 19.6. The second-order valence-corrected chi connectivity index (χ2v) is 9.22. The highest BCUT2D eigenvalue weighted by molar-refractivity contribution is 7.78. The SMILES string of the molecule is CCCCCc1ccc(-c2ccc(-c3ccc(-c4ccc(N=C=S)cc4)c(Cl)c3)c(C)c2)cc1. The summed E-state index contributed by atoms with van der Waals surface area (Å²) in [4.78, 5) is 4.01. The third kappa shape index (κ3) is 5.72. The van der Waals surface area contributed by atoms with Gasteiger partial charge in [0.15, 0.2) is 0 Å². The van der Waals surface area contributed by atoms with Gasteiger partial charge in [0.05, 0.1) is 10.8 Å². The lowest BCUT2D eigenvalue weighted by atomic mass is 9.94. The van der Waals surface area contributed by atoms with Crippen molar-refractivity contribution in [2.45, 2.75) is 39.5 Å². The minimum absolute atomic E-state index is 0.728. The monoisotopic (exact) mass is 481 g/mol. The number of thiocarbonyl (C=S) groups is 1. The van der Waals surface area contributed by atoms with E-state index in [0.717, 1.165) is 33.8 Å². The van der Waals surface area contributed by atoms with Crippen LogP contribution < -0.4 is 0 Å². The third-order valence-corrected chi connectivity index (χ3v) is 6.62. The Hall–Kier alpha value is -3.03. The van der Waals surface area contributed by atoms with Gasteiger partial charge in [-0.15, -0.1) is 0 Å². The summed E-state index contributed by atoms with van der Waals surface area (Å²) in [6.45, 7) is 4.41. The number of unbranched alkanes of at least 4 members (excludes halogenated alkanes) is 2. The normalized spacial score (nSPS) is 10.7. The van der Waals surface area contributed by atoms with Crippen molar-refractivity contribution in [3.8, 4) is 33.4 Å². The number of hydrogen-bond donors (Lipinski definition) is 0. The summed E-state index contributed by atoms with van der Waals surface area (Å²) < 4.78 is 0. The van der Waals surface area contributed by atoms with Crippen LogP contribution in [0.2, 0.25) is 5.02 Å². The molecular formula is C31H28ClNS. The molecule has 0 bridgehead atoms. The van der Waals surface area contributed by atoms with E-state index in [9.17, 15) is 0 Å². The van der Waals surface area contributed by atoms with E-state index in [4.69, 9.17) is 11.6 Å². The quantitative estimate of drug-likeness (QED) is 0.138. The van der Waals surface area contributed by atoms with Gasteiger partial charge in [0.25, 0.3) is 0 Å². The predicted molar refractivity (Wildman–Crippen MR) is 150 cm³/mol. The third-order valence-electron chi connectivity index (χ3n) is 6.22. The Morgan fingerprint density at radius 1 is 0.735 bits per heavy atom. The van der Waals surface area contributed by atoms with E-state index in [1.165, 1.54) is 47.1 Å². The minimum atomic E-state index is 0.728. The molecule has 0 saturated heterocycles. The van der Waals surface area contributed by atoms with E-state index < -0.39 is 0 Å². The first-order chi connectivity index (χ1) is 16.6. The molecule has 0 atom stereocenters. The van der Waals surface area contributed by atoms with E-state index in [0.29, 0.717) is 0 Å². The number of isothiocyanates is 1. The van der Waals surface area contributed by atoms with Crippen LogP contribution in [0.3, 0.4) is 0 Å². The molecule has 3 heteroatoms. The standard InChI is InChI=1S/C31H28ClNS/c1-3-4-5-6-23-7-9-24(10-8-23)26-13-17-29(22(2)19-26)27-14-18-30(31(32)20-27)25-11-15-28(16-12-25)33-21-34/h7-20H,3-6H2,1-2H3. The van der Waals surface area contributed by atoms with Crippen molar-refractivity contribution in [1.29, 1.82) is 0 Å². The molecule has 34 heavy (non-hydrogen) atoms. The van der Waals surface area contributed by atoms with Gasteiger partial charge in [-0.05, 0) is 89.1 Å². The minimum Gasteiger partial charge on any atom is -0.195 e. The predicted octanol–water partition coefficient (Wildman–Crippen LogP) is 10.1. The summed E-state index contributed by atoms with van der Waals surface area (Å²) in [5.41, 5.74) is 10.3. The Bertz CT molecular complexity index is 1320. The van der Waals surface area contributed by atoms with Crippen molar-refractivity contribution in [3.05, 3.63) is 101 Å². The van der Waals surface area contributed by atoms with Gasteiger partial charge in [0.1, 0.15) is 0 Å². The van der Waals surface area contributed by atoms with Crippen molar-refractivity contribution in [1.82, 2.24) is 0 Å². The first kappa shape index (κ1) is 24.1. The fraction of sp³-hybridized carbons (Fsp3) is 0.194. The molecule has 1 nitrogen and oxygen atoms in total. The van der Waals surface area contributed by atoms with Crippen LogP contribution in [0.4, 0.5) is 5.69 Å². The number of rotatable bonds is 8. The number of halogens is 1.